The van der Waals surface area contributed by atoms with Gasteiger partial charge in [-0.05, 0) is 81.5 Å². The van der Waals surface area contributed by atoms with Gasteiger partial charge in [0.1, 0.15) is 0 Å². The molecule has 2 heterocycles. The lowest BCUT2D eigenvalue weighted by Gasteiger charge is -2.39. The molecule has 1 aromatic carbocycles. The molecular weight excluding hydrogens is 464 g/mol. The Kier molecular flexibility index (Phi) is 6.70. The van der Waals surface area contributed by atoms with Crippen molar-refractivity contribution in [2.45, 2.75) is 82.1 Å². The van der Waals surface area contributed by atoms with E-state index >= 15 is 4.39 Å². The van der Waals surface area contributed by atoms with Crippen LogP contribution in [0.5, 0.6) is 0 Å². The van der Waals surface area contributed by atoms with E-state index in [1.54, 1.807) is 4.90 Å². The van der Waals surface area contributed by atoms with Crippen molar-refractivity contribution >= 4 is 11.9 Å². The number of aliphatic carboxylic acids is 1. The van der Waals surface area contributed by atoms with Crippen LogP contribution >= 0.6 is 0 Å². The highest BCUT2D eigenvalue weighted by molar-refractivity contribution is 5.86. The van der Waals surface area contributed by atoms with Crippen LogP contribution in [0.3, 0.4) is 0 Å². The second-order valence-corrected chi connectivity index (χ2v) is 11.4. The van der Waals surface area contributed by atoms with Crippen molar-refractivity contribution < 1.29 is 32.3 Å². The van der Waals surface area contributed by atoms with E-state index in [0.717, 1.165) is 11.6 Å². The summed E-state index contributed by atoms with van der Waals surface area (Å²) >= 11 is 0. The number of nitrogens with zero attached hydrogens (tertiary/aromatic N) is 2. The van der Waals surface area contributed by atoms with E-state index in [2.05, 4.69) is 0 Å². The van der Waals surface area contributed by atoms with Crippen LogP contribution in [0.25, 0.3) is 0 Å². The van der Waals surface area contributed by atoms with Gasteiger partial charge in [-0.3, -0.25) is 14.5 Å². The molecule has 5 nitrogen and oxygen atoms in total. The number of rotatable bonds is 4. The van der Waals surface area contributed by atoms with Crippen LogP contribution in [0.4, 0.5) is 17.6 Å². The van der Waals surface area contributed by atoms with E-state index in [0.29, 0.717) is 50.9 Å². The summed E-state index contributed by atoms with van der Waals surface area (Å²) in [5, 5.41) is 9.20. The summed E-state index contributed by atoms with van der Waals surface area (Å²) in [5.74, 6) is -2.20. The summed E-state index contributed by atoms with van der Waals surface area (Å²) in [7, 11) is 0. The van der Waals surface area contributed by atoms with Crippen LogP contribution in [0, 0.1) is 5.92 Å². The molecule has 0 spiro atoms. The van der Waals surface area contributed by atoms with Gasteiger partial charge in [0.05, 0.1) is 11.5 Å². The minimum absolute atomic E-state index is 0.0505. The number of carboxylic acid groups (broad SMARTS) is 1. The van der Waals surface area contributed by atoms with Gasteiger partial charge in [-0.15, -0.1) is 0 Å². The molecule has 9 heteroatoms. The average molecular weight is 499 g/mol. The van der Waals surface area contributed by atoms with E-state index in [9.17, 15) is 27.9 Å². The largest absolute Gasteiger partial charge is 0.481 e. The topological polar surface area (TPSA) is 60.9 Å². The minimum Gasteiger partial charge on any atom is -0.481 e. The van der Waals surface area contributed by atoms with Crippen molar-refractivity contribution in [3.05, 3.63) is 34.9 Å². The number of carbonyl (C=O) groups excluding carboxylic acids is 1. The second kappa shape index (κ2) is 9.05. The number of amides is 1. The Morgan fingerprint density at radius 1 is 1.00 bits per heavy atom. The zero-order chi connectivity index (χ0) is 25.8. The summed E-state index contributed by atoms with van der Waals surface area (Å²) in [6.45, 7) is 7.30. The van der Waals surface area contributed by atoms with Gasteiger partial charge >= 0.3 is 12.1 Å². The highest BCUT2D eigenvalue weighted by atomic mass is 19.4. The van der Waals surface area contributed by atoms with Crippen LogP contribution in [0.2, 0.25) is 0 Å². The van der Waals surface area contributed by atoms with Gasteiger partial charge in [0.15, 0.2) is 0 Å². The first-order valence-electron chi connectivity index (χ1n) is 12.4. The number of benzene rings is 1. The number of carboxylic acids is 1. The van der Waals surface area contributed by atoms with Gasteiger partial charge in [0.2, 0.25) is 5.67 Å². The Bertz CT molecular complexity index is 976. The first-order chi connectivity index (χ1) is 16.2. The molecule has 0 aromatic heterocycles. The number of piperidine rings is 1. The summed E-state index contributed by atoms with van der Waals surface area (Å²) in [6.07, 6.45) is -2.57. The molecule has 0 radical (unpaired) electrons. The Morgan fingerprint density at radius 3 is 2.14 bits per heavy atom. The van der Waals surface area contributed by atoms with Crippen molar-refractivity contribution in [3.63, 3.8) is 0 Å². The van der Waals surface area contributed by atoms with E-state index in [-0.39, 0.29) is 30.3 Å². The Labute approximate surface area is 203 Å². The quantitative estimate of drug-likeness (QED) is 0.580. The fourth-order valence-corrected chi connectivity index (χ4v) is 5.75. The molecule has 0 bridgehead atoms. The van der Waals surface area contributed by atoms with E-state index < -0.39 is 35.2 Å². The van der Waals surface area contributed by atoms with Gasteiger partial charge in [0, 0.05) is 38.1 Å². The lowest BCUT2D eigenvalue weighted by molar-refractivity contribution is -0.145. The van der Waals surface area contributed by atoms with Crippen LogP contribution in [-0.4, -0.2) is 64.2 Å². The number of hydrogen-bond donors (Lipinski definition) is 1. The molecule has 1 saturated carbocycles. The van der Waals surface area contributed by atoms with E-state index in [4.69, 9.17) is 0 Å². The Balaban J connectivity index is 1.46. The molecule has 4 rings (SSSR count). The molecule has 35 heavy (non-hydrogen) atoms. The summed E-state index contributed by atoms with van der Waals surface area (Å²) in [4.78, 5) is 27.8. The normalized spacial score (nSPS) is 28.7. The predicted molar refractivity (Wildman–Crippen MR) is 123 cm³/mol. The molecule has 1 aliphatic carbocycles. The van der Waals surface area contributed by atoms with Crippen LogP contribution in [-0.2, 0) is 15.8 Å². The summed E-state index contributed by atoms with van der Waals surface area (Å²) in [5.41, 5.74) is -1.49. The number of likely N-dealkylation sites (tertiary alicyclic amines) is 2. The van der Waals surface area contributed by atoms with E-state index in [1.807, 2.05) is 25.7 Å². The second-order valence-electron chi connectivity index (χ2n) is 11.4. The summed E-state index contributed by atoms with van der Waals surface area (Å²) < 4.78 is 55.7. The lowest BCUT2D eigenvalue weighted by atomic mass is 9.68. The zero-order valence-electron chi connectivity index (χ0n) is 20.5. The molecule has 1 atom stereocenters. The van der Waals surface area contributed by atoms with Crippen molar-refractivity contribution in [1.82, 2.24) is 9.80 Å². The maximum absolute atomic E-state index is 15.6. The molecule has 3 aliphatic rings. The highest BCUT2D eigenvalue weighted by Crippen LogP contribution is 2.47. The number of hydrogen-bond acceptors (Lipinski definition) is 3. The maximum Gasteiger partial charge on any atom is 0.416 e. The van der Waals surface area contributed by atoms with Gasteiger partial charge in [0.25, 0.3) is 5.91 Å². The minimum atomic E-state index is -4.48. The molecule has 1 amide bonds. The van der Waals surface area contributed by atoms with Crippen molar-refractivity contribution in [3.8, 4) is 0 Å². The van der Waals surface area contributed by atoms with Crippen molar-refractivity contribution in [2.24, 2.45) is 5.92 Å². The Morgan fingerprint density at radius 2 is 1.63 bits per heavy atom. The van der Waals surface area contributed by atoms with Crippen LogP contribution < -0.4 is 0 Å². The number of carbonyl (C=O) groups is 2. The predicted octanol–water partition coefficient (Wildman–Crippen LogP) is 5.20. The SMILES string of the molecule is CC(C)(C)N1CC[C@](F)(C(=O)N2CCC(c3ccc(C(F)(F)F)cc3[C@H]3C[C@H](C(=O)O)C3)CC2)C1. The van der Waals surface area contributed by atoms with Gasteiger partial charge in [-0.25, -0.2) is 4.39 Å². The van der Waals surface area contributed by atoms with E-state index in [1.165, 1.54) is 12.1 Å². The Hall–Kier alpha value is -2.16. The monoisotopic (exact) mass is 498 g/mol. The molecule has 2 saturated heterocycles. The van der Waals surface area contributed by atoms with Crippen LogP contribution in [0.15, 0.2) is 18.2 Å². The summed E-state index contributed by atoms with van der Waals surface area (Å²) in [6, 6.07) is 3.77. The zero-order valence-corrected chi connectivity index (χ0v) is 20.5. The average Bonchev–Trinajstić information content (AvgIpc) is 3.15. The third-order valence-corrected chi connectivity index (χ3v) is 8.11. The fourth-order valence-electron chi connectivity index (χ4n) is 5.75. The standard InChI is InChI=1S/C26H34F4N2O3/c1-24(2,3)32-11-8-25(27,15-32)23(35)31-9-6-16(7-10-31)20-5-4-19(26(28,29)30)14-21(20)17-12-18(13-17)22(33)34/h4-5,14,16-18H,6-13,15H2,1-3H3,(H,33,34)/t17-,18-,25-/m1/s1. The fraction of sp³-hybridized carbons (Fsp3) is 0.692. The van der Waals surface area contributed by atoms with Gasteiger partial charge in [-0.1, -0.05) is 6.07 Å². The first-order valence-corrected chi connectivity index (χ1v) is 12.4. The van der Waals surface area contributed by atoms with Gasteiger partial charge in [-0.2, -0.15) is 13.2 Å². The highest BCUT2D eigenvalue weighted by Gasteiger charge is 2.50. The third-order valence-electron chi connectivity index (χ3n) is 8.11. The number of halogens is 4. The van der Waals surface area contributed by atoms with Crippen LogP contribution in [0.1, 0.15) is 81.4 Å². The smallest absolute Gasteiger partial charge is 0.416 e. The first kappa shape index (κ1) is 25.9. The molecular formula is C26H34F4N2O3. The molecule has 0 unspecified atom stereocenters. The molecule has 1 aromatic rings. The van der Waals surface area contributed by atoms with Gasteiger partial charge < -0.3 is 10.0 Å². The van der Waals surface area contributed by atoms with Crippen molar-refractivity contribution in [2.75, 3.05) is 26.2 Å². The maximum atomic E-state index is 15.6. The molecule has 2 aliphatic heterocycles. The van der Waals surface area contributed by atoms with Crippen molar-refractivity contribution in [1.29, 1.82) is 0 Å². The number of alkyl halides is 4. The lowest BCUT2D eigenvalue weighted by Crippen LogP contribution is -2.51. The third kappa shape index (κ3) is 5.20. The molecule has 3 fully saturated rings. The molecule has 1 N–H and O–H groups in total. The molecule has 194 valence electrons.